The number of hydrogen-bond donors (Lipinski definition) is 1. The van der Waals surface area contributed by atoms with Crippen molar-refractivity contribution in [2.45, 2.75) is 25.9 Å². The minimum atomic E-state index is 0.333. The maximum atomic E-state index is 5.21. The Morgan fingerprint density at radius 1 is 1.17 bits per heavy atom. The van der Waals surface area contributed by atoms with Crippen molar-refractivity contribution in [2.24, 2.45) is 0 Å². The number of rotatable bonds is 8. The van der Waals surface area contributed by atoms with Crippen LogP contribution in [0.4, 0.5) is 0 Å². The van der Waals surface area contributed by atoms with Crippen molar-refractivity contribution in [3.8, 4) is 11.8 Å². The fourth-order valence-electron chi connectivity index (χ4n) is 1.56. The van der Waals surface area contributed by atoms with Crippen LogP contribution >= 0.6 is 0 Å². The van der Waals surface area contributed by atoms with Gasteiger partial charge >= 0.3 is 0 Å². The fourth-order valence-corrected chi connectivity index (χ4v) is 1.56. The van der Waals surface area contributed by atoms with Crippen LogP contribution < -0.4 is 14.8 Å². The highest BCUT2D eigenvalue weighted by molar-refractivity contribution is 5.34. The summed E-state index contributed by atoms with van der Waals surface area (Å²) in [6.07, 6.45) is 2.37. The molecule has 0 amide bonds. The fraction of sp³-hybridized carbons (Fsp3) is 0.667. The molecule has 0 spiro atoms. The van der Waals surface area contributed by atoms with Crippen molar-refractivity contribution in [3.63, 3.8) is 0 Å². The van der Waals surface area contributed by atoms with Gasteiger partial charge in [0.05, 0.1) is 19.8 Å². The summed E-state index contributed by atoms with van der Waals surface area (Å²) in [4.78, 5) is 8.14. The van der Waals surface area contributed by atoms with Crippen LogP contribution in [0.3, 0.4) is 0 Å². The van der Waals surface area contributed by atoms with Gasteiger partial charge in [0.1, 0.15) is 6.33 Å². The molecule has 0 fully saturated rings. The van der Waals surface area contributed by atoms with Gasteiger partial charge < -0.3 is 19.5 Å². The molecule has 1 rings (SSSR count). The molecule has 0 aliphatic heterocycles. The highest BCUT2D eigenvalue weighted by Crippen LogP contribution is 2.23. The van der Waals surface area contributed by atoms with Crippen molar-refractivity contribution in [1.82, 2.24) is 15.3 Å². The first-order valence-corrected chi connectivity index (χ1v) is 5.87. The Morgan fingerprint density at radius 3 is 2.28 bits per heavy atom. The molecule has 6 nitrogen and oxygen atoms in total. The second kappa shape index (κ2) is 7.84. The zero-order chi connectivity index (χ0) is 13.4. The molecule has 1 heterocycles. The Kier molecular flexibility index (Phi) is 6.38. The smallest absolute Gasteiger partial charge is 0.224 e. The van der Waals surface area contributed by atoms with Crippen LogP contribution in [0.5, 0.6) is 11.8 Å². The summed E-state index contributed by atoms with van der Waals surface area (Å²) in [7, 11) is 4.86. The van der Waals surface area contributed by atoms with Gasteiger partial charge in [-0.15, -0.1) is 0 Å². The summed E-state index contributed by atoms with van der Waals surface area (Å²) in [6.45, 7) is 3.42. The third-order valence-corrected chi connectivity index (χ3v) is 2.64. The largest absolute Gasteiger partial charge is 0.481 e. The second-order valence-corrected chi connectivity index (χ2v) is 3.93. The lowest BCUT2D eigenvalue weighted by molar-refractivity contribution is 0.184. The molecular weight excluding hydrogens is 234 g/mol. The first-order valence-electron chi connectivity index (χ1n) is 5.87. The van der Waals surface area contributed by atoms with E-state index in [4.69, 9.17) is 14.2 Å². The van der Waals surface area contributed by atoms with Gasteiger partial charge in [-0.25, -0.2) is 9.97 Å². The van der Waals surface area contributed by atoms with Crippen molar-refractivity contribution in [3.05, 3.63) is 11.9 Å². The highest BCUT2D eigenvalue weighted by Gasteiger charge is 2.13. The van der Waals surface area contributed by atoms with Gasteiger partial charge in [0.15, 0.2) is 0 Å². The molecule has 0 radical (unpaired) electrons. The van der Waals surface area contributed by atoms with Gasteiger partial charge in [0.25, 0.3) is 0 Å². The molecule has 1 aromatic heterocycles. The van der Waals surface area contributed by atoms with Gasteiger partial charge in [-0.1, -0.05) is 0 Å². The summed E-state index contributed by atoms with van der Waals surface area (Å²) >= 11 is 0. The molecule has 102 valence electrons. The van der Waals surface area contributed by atoms with E-state index in [-0.39, 0.29) is 0 Å². The quantitative estimate of drug-likeness (QED) is 0.748. The monoisotopic (exact) mass is 255 g/mol. The van der Waals surface area contributed by atoms with Crippen LogP contribution in [0.15, 0.2) is 6.33 Å². The molecule has 1 atom stereocenters. The van der Waals surface area contributed by atoms with Crippen molar-refractivity contribution in [1.29, 1.82) is 0 Å². The van der Waals surface area contributed by atoms with E-state index in [0.717, 1.165) is 18.6 Å². The van der Waals surface area contributed by atoms with Crippen molar-refractivity contribution >= 4 is 0 Å². The molecule has 0 aliphatic carbocycles. The van der Waals surface area contributed by atoms with Crippen LogP contribution in [-0.4, -0.2) is 43.9 Å². The van der Waals surface area contributed by atoms with Crippen LogP contribution in [-0.2, 0) is 11.3 Å². The van der Waals surface area contributed by atoms with Crippen molar-refractivity contribution in [2.75, 3.05) is 27.9 Å². The van der Waals surface area contributed by atoms with E-state index in [1.165, 1.54) is 6.33 Å². The second-order valence-electron chi connectivity index (χ2n) is 3.93. The van der Waals surface area contributed by atoms with E-state index in [2.05, 4.69) is 22.2 Å². The van der Waals surface area contributed by atoms with E-state index in [9.17, 15) is 0 Å². The summed E-state index contributed by atoms with van der Waals surface area (Å²) < 4.78 is 15.5. The summed E-state index contributed by atoms with van der Waals surface area (Å²) in [5.41, 5.74) is 0.826. The molecule has 0 aliphatic rings. The SMILES string of the molecule is COCCC(C)NCc1c(OC)ncnc1OC. The summed E-state index contributed by atoms with van der Waals surface area (Å²) in [5, 5.41) is 3.36. The number of aromatic nitrogens is 2. The number of hydrogen-bond acceptors (Lipinski definition) is 6. The topological polar surface area (TPSA) is 65.5 Å². The summed E-state index contributed by atoms with van der Waals surface area (Å²) in [6, 6.07) is 0.333. The molecule has 0 saturated carbocycles. The molecule has 6 heteroatoms. The molecule has 1 aromatic rings. The minimum Gasteiger partial charge on any atom is -0.481 e. The third-order valence-electron chi connectivity index (χ3n) is 2.64. The van der Waals surface area contributed by atoms with Gasteiger partial charge in [0, 0.05) is 26.3 Å². The van der Waals surface area contributed by atoms with Gasteiger partial charge in [-0.2, -0.15) is 0 Å². The predicted octanol–water partition coefficient (Wildman–Crippen LogP) is 1.01. The molecule has 1 N–H and O–H groups in total. The summed E-state index contributed by atoms with van der Waals surface area (Å²) in [5.74, 6) is 1.07. The first-order chi connectivity index (χ1) is 8.72. The first kappa shape index (κ1) is 14.7. The molecule has 0 saturated heterocycles. The molecule has 0 aromatic carbocycles. The minimum absolute atomic E-state index is 0.333. The molecule has 0 bridgehead atoms. The Balaban J connectivity index is 2.65. The number of methoxy groups -OCH3 is 3. The average Bonchev–Trinajstić information content (AvgIpc) is 2.42. The van der Waals surface area contributed by atoms with Crippen LogP contribution in [0.1, 0.15) is 18.9 Å². The highest BCUT2D eigenvalue weighted by atomic mass is 16.5. The van der Waals surface area contributed by atoms with E-state index in [0.29, 0.717) is 24.3 Å². The lowest BCUT2D eigenvalue weighted by Crippen LogP contribution is -2.27. The number of ether oxygens (including phenoxy) is 3. The standard InChI is InChI=1S/C12H21N3O3/c1-9(5-6-16-2)13-7-10-11(17-3)14-8-15-12(10)18-4/h8-9,13H,5-7H2,1-4H3. The van der Waals surface area contributed by atoms with E-state index < -0.39 is 0 Å². The van der Waals surface area contributed by atoms with Crippen molar-refractivity contribution < 1.29 is 14.2 Å². The molecule has 18 heavy (non-hydrogen) atoms. The van der Waals surface area contributed by atoms with Crippen LogP contribution in [0.25, 0.3) is 0 Å². The maximum Gasteiger partial charge on any atom is 0.224 e. The third kappa shape index (κ3) is 4.12. The Labute approximate surface area is 108 Å². The Bertz CT molecular complexity index is 338. The van der Waals surface area contributed by atoms with E-state index >= 15 is 0 Å². The molecular formula is C12H21N3O3. The maximum absolute atomic E-state index is 5.21. The zero-order valence-corrected chi connectivity index (χ0v) is 11.4. The molecule has 1 unspecified atom stereocenters. The van der Waals surface area contributed by atoms with Gasteiger partial charge in [-0.05, 0) is 13.3 Å². The van der Waals surface area contributed by atoms with E-state index in [1.807, 2.05) is 0 Å². The number of nitrogens with zero attached hydrogens (tertiary/aromatic N) is 2. The van der Waals surface area contributed by atoms with Crippen LogP contribution in [0, 0.1) is 0 Å². The van der Waals surface area contributed by atoms with Gasteiger partial charge in [-0.3, -0.25) is 0 Å². The Hall–Kier alpha value is -1.40. The predicted molar refractivity (Wildman–Crippen MR) is 67.9 cm³/mol. The normalized spacial score (nSPS) is 12.2. The average molecular weight is 255 g/mol. The van der Waals surface area contributed by atoms with Gasteiger partial charge in [0.2, 0.25) is 11.8 Å². The Morgan fingerprint density at radius 2 is 1.78 bits per heavy atom. The zero-order valence-electron chi connectivity index (χ0n) is 11.4. The lowest BCUT2D eigenvalue weighted by atomic mass is 10.2. The number of nitrogens with one attached hydrogen (secondary N) is 1. The van der Waals surface area contributed by atoms with E-state index in [1.54, 1.807) is 21.3 Å². The lowest BCUT2D eigenvalue weighted by Gasteiger charge is -2.15. The van der Waals surface area contributed by atoms with Crippen LogP contribution in [0.2, 0.25) is 0 Å².